The van der Waals surface area contributed by atoms with Crippen LogP contribution in [0.1, 0.15) is 50.5 Å². The Labute approximate surface area is 139 Å². The molecule has 3 nitrogen and oxygen atoms in total. The van der Waals surface area contributed by atoms with E-state index in [0.717, 1.165) is 38.8 Å². The van der Waals surface area contributed by atoms with Gasteiger partial charge in [0.25, 0.3) is 0 Å². The Morgan fingerprint density at radius 2 is 1.68 bits per heavy atom. The maximum absolute atomic E-state index is 12.7. The summed E-state index contributed by atoms with van der Waals surface area (Å²) in [4.78, 5) is 12.7. The van der Waals surface area contributed by atoms with Crippen LogP contribution in [0.5, 0.6) is 0 Å². The van der Waals surface area contributed by atoms with E-state index in [1.165, 1.54) is 24.8 Å². The molecule has 0 radical (unpaired) electrons. The van der Waals surface area contributed by atoms with E-state index < -0.39 is 0 Å². The molecule has 1 aromatic carbocycles. The van der Waals surface area contributed by atoms with Crippen molar-refractivity contribution in [2.24, 2.45) is 5.92 Å². The maximum Gasteiger partial charge on any atom is 0.223 e. The van der Waals surface area contributed by atoms with Gasteiger partial charge in [-0.2, -0.15) is 0 Å². The van der Waals surface area contributed by atoms with Gasteiger partial charge in [0.05, 0.1) is 5.54 Å². The molecule has 4 heteroatoms. The highest BCUT2D eigenvalue weighted by Crippen LogP contribution is 2.32. The molecule has 1 amide bonds. The van der Waals surface area contributed by atoms with Gasteiger partial charge in [0.2, 0.25) is 5.91 Å². The van der Waals surface area contributed by atoms with E-state index in [-0.39, 0.29) is 29.8 Å². The van der Waals surface area contributed by atoms with Crippen LogP contribution < -0.4 is 10.6 Å². The van der Waals surface area contributed by atoms with Crippen LogP contribution in [0.3, 0.4) is 0 Å². The molecule has 0 unspecified atom stereocenters. The van der Waals surface area contributed by atoms with Gasteiger partial charge in [-0.3, -0.25) is 4.79 Å². The molecular weight excluding hydrogens is 296 g/mol. The van der Waals surface area contributed by atoms with E-state index in [2.05, 4.69) is 34.9 Å². The maximum atomic E-state index is 12.7. The van der Waals surface area contributed by atoms with Crippen LogP contribution in [0.25, 0.3) is 0 Å². The first-order chi connectivity index (χ1) is 10.3. The van der Waals surface area contributed by atoms with Crippen molar-refractivity contribution >= 4 is 18.3 Å². The van der Waals surface area contributed by atoms with Crippen LogP contribution in [0, 0.1) is 5.92 Å². The molecule has 0 aromatic heterocycles. The smallest absolute Gasteiger partial charge is 0.223 e. The van der Waals surface area contributed by atoms with Crippen LogP contribution in [0.2, 0.25) is 0 Å². The molecule has 2 fully saturated rings. The molecule has 122 valence electrons. The number of hydrogen-bond donors (Lipinski definition) is 2. The first-order valence-corrected chi connectivity index (χ1v) is 8.38. The predicted octanol–water partition coefficient (Wildman–Crippen LogP) is 3.38. The Bertz CT molecular complexity index is 465. The van der Waals surface area contributed by atoms with Crippen molar-refractivity contribution in [2.45, 2.75) is 50.5 Å². The van der Waals surface area contributed by atoms with E-state index in [1.54, 1.807) is 0 Å². The summed E-state index contributed by atoms with van der Waals surface area (Å²) in [6.07, 6.45) is 7.79. The molecule has 3 rings (SSSR count). The van der Waals surface area contributed by atoms with E-state index in [4.69, 9.17) is 0 Å². The van der Waals surface area contributed by atoms with Crippen LogP contribution in [-0.2, 0) is 10.3 Å². The molecule has 1 saturated carbocycles. The topological polar surface area (TPSA) is 41.1 Å². The third kappa shape index (κ3) is 3.82. The van der Waals surface area contributed by atoms with Crippen LogP contribution >= 0.6 is 12.4 Å². The number of piperidine rings is 1. The van der Waals surface area contributed by atoms with Crippen molar-refractivity contribution in [2.75, 3.05) is 13.1 Å². The quantitative estimate of drug-likeness (QED) is 0.895. The monoisotopic (exact) mass is 322 g/mol. The van der Waals surface area contributed by atoms with Crippen molar-refractivity contribution in [3.05, 3.63) is 35.9 Å². The lowest BCUT2D eigenvalue weighted by atomic mass is 9.80. The molecule has 1 saturated heterocycles. The number of carbonyl (C=O) groups is 1. The second-order valence-electron chi connectivity index (χ2n) is 6.52. The second kappa shape index (κ2) is 7.98. The largest absolute Gasteiger partial charge is 0.346 e. The Hall–Kier alpha value is -1.06. The number of benzene rings is 1. The van der Waals surface area contributed by atoms with E-state index in [9.17, 15) is 4.79 Å². The minimum Gasteiger partial charge on any atom is -0.346 e. The van der Waals surface area contributed by atoms with Gasteiger partial charge >= 0.3 is 0 Å². The van der Waals surface area contributed by atoms with Crippen molar-refractivity contribution in [1.29, 1.82) is 0 Å². The lowest BCUT2D eigenvalue weighted by Gasteiger charge is -2.40. The highest BCUT2D eigenvalue weighted by molar-refractivity contribution is 5.85. The van der Waals surface area contributed by atoms with E-state index >= 15 is 0 Å². The average Bonchev–Trinajstić information content (AvgIpc) is 2.57. The Morgan fingerprint density at radius 1 is 1.05 bits per heavy atom. The Balaban J connectivity index is 0.00000176. The number of halogens is 1. The first-order valence-electron chi connectivity index (χ1n) is 8.38. The molecule has 1 aliphatic carbocycles. The van der Waals surface area contributed by atoms with Gasteiger partial charge in [-0.15, -0.1) is 12.4 Å². The third-order valence-electron chi connectivity index (χ3n) is 5.12. The number of nitrogens with one attached hydrogen (secondary N) is 2. The molecule has 2 N–H and O–H groups in total. The molecule has 0 atom stereocenters. The van der Waals surface area contributed by atoms with Gasteiger partial charge in [-0.25, -0.2) is 0 Å². The lowest BCUT2D eigenvalue weighted by molar-refractivity contribution is -0.128. The second-order valence-corrected chi connectivity index (χ2v) is 6.52. The highest BCUT2D eigenvalue weighted by atomic mass is 35.5. The van der Waals surface area contributed by atoms with E-state index in [1.807, 2.05) is 6.07 Å². The number of carbonyl (C=O) groups excluding carboxylic acids is 1. The van der Waals surface area contributed by atoms with Crippen molar-refractivity contribution in [3.8, 4) is 0 Å². The van der Waals surface area contributed by atoms with Crippen molar-refractivity contribution in [1.82, 2.24) is 10.6 Å². The van der Waals surface area contributed by atoms with Crippen molar-refractivity contribution in [3.63, 3.8) is 0 Å². The normalized spacial score (nSPS) is 21.6. The van der Waals surface area contributed by atoms with Gasteiger partial charge in [0.15, 0.2) is 0 Å². The van der Waals surface area contributed by atoms with Gasteiger partial charge in [0.1, 0.15) is 0 Å². The molecule has 0 spiro atoms. The fraction of sp³-hybridized carbons (Fsp3) is 0.611. The summed E-state index contributed by atoms with van der Waals surface area (Å²) in [5, 5.41) is 6.85. The minimum absolute atomic E-state index is 0. The zero-order valence-electron chi connectivity index (χ0n) is 13.1. The van der Waals surface area contributed by atoms with Gasteiger partial charge in [-0.1, -0.05) is 49.6 Å². The van der Waals surface area contributed by atoms with Crippen LogP contribution in [0.4, 0.5) is 0 Å². The number of rotatable bonds is 3. The molecule has 0 bridgehead atoms. The summed E-state index contributed by atoms with van der Waals surface area (Å²) in [6.45, 7) is 1.94. The predicted molar refractivity (Wildman–Crippen MR) is 92.2 cm³/mol. The molecule has 1 heterocycles. The standard InChI is InChI=1S/C18H26N2O.ClH/c21-17(15-7-3-1-4-8-15)20-18(11-13-19-14-12-18)16-9-5-2-6-10-16;/h2,5-6,9-10,15,19H,1,3-4,7-8,11-14H2,(H,20,21);1H. The Kier molecular flexibility index (Phi) is 6.27. The summed E-state index contributed by atoms with van der Waals surface area (Å²) in [5.74, 6) is 0.509. The summed E-state index contributed by atoms with van der Waals surface area (Å²) < 4.78 is 0. The SMILES string of the molecule is Cl.O=C(NC1(c2ccccc2)CCNCC1)C1CCCCC1. The average molecular weight is 323 g/mol. The molecule has 22 heavy (non-hydrogen) atoms. The summed E-state index contributed by atoms with van der Waals surface area (Å²) in [7, 11) is 0. The number of amides is 1. The lowest BCUT2D eigenvalue weighted by Crippen LogP contribution is -2.53. The zero-order chi connectivity index (χ0) is 14.5. The summed E-state index contributed by atoms with van der Waals surface area (Å²) in [6, 6.07) is 10.5. The Morgan fingerprint density at radius 3 is 2.32 bits per heavy atom. The molecule has 1 aromatic rings. The summed E-state index contributed by atoms with van der Waals surface area (Å²) >= 11 is 0. The first kappa shape index (κ1) is 17.3. The van der Waals surface area contributed by atoms with Gasteiger partial charge < -0.3 is 10.6 Å². The van der Waals surface area contributed by atoms with Gasteiger partial charge in [-0.05, 0) is 44.3 Å². The molecule has 1 aliphatic heterocycles. The van der Waals surface area contributed by atoms with Crippen LogP contribution in [-0.4, -0.2) is 19.0 Å². The number of hydrogen-bond acceptors (Lipinski definition) is 2. The highest BCUT2D eigenvalue weighted by Gasteiger charge is 2.36. The van der Waals surface area contributed by atoms with Crippen LogP contribution in [0.15, 0.2) is 30.3 Å². The fourth-order valence-electron chi connectivity index (χ4n) is 3.80. The minimum atomic E-state index is -0.166. The fourth-order valence-corrected chi connectivity index (χ4v) is 3.80. The van der Waals surface area contributed by atoms with Gasteiger partial charge in [0, 0.05) is 5.92 Å². The van der Waals surface area contributed by atoms with E-state index in [0.29, 0.717) is 0 Å². The van der Waals surface area contributed by atoms with Crippen molar-refractivity contribution < 1.29 is 4.79 Å². The molecule has 2 aliphatic rings. The third-order valence-corrected chi connectivity index (χ3v) is 5.12. The zero-order valence-corrected chi connectivity index (χ0v) is 14.0. The summed E-state index contributed by atoms with van der Waals surface area (Å²) in [5.41, 5.74) is 1.09. The molecular formula is C18H27ClN2O.